The molecule has 2 aromatic rings. The Morgan fingerprint density at radius 3 is 2.40 bits per heavy atom. The molecule has 0 amide bonds. The van der Waals surface area contributed by atoms with Crippen molar-refractivity contribution in [1.82, 2.24) is 10.1 Å². The first-order valence-corrected chi connectivity index (χ1v) is 11.6. The Balaban J connectivity index is 1.80. The van der Waals surface area contributed by atoms with E-state index in [1.165, 1.54) is 0 Å². The second-order valence-corrected chi connectivity index (χ2v) is 10.7. The van der Waals surface area contributed by atoms with Crippen molar-refractivity contribution in [3.8, 4) is 11.3 Å². The predicted octanol–water partition coefficient (Wildman–Crippen LogP) is 4.06. The van der Waals surface area contributed by atoms with E-state index in [1.807, 2.05) is 38.1 Å². The third-order valence-corrected chi connectivity index (χ3v) is 5.61. The van der Waals surface area contributed by atoms with Crippen molar-refractivity contribution >= 4 is 10.1 Å². The fraction of sp³-hybridized carbons (Fsp3) is 0.571. The van der Waals surface area contributed by atoms with Gasteiger partial charge >= 0.3 is 0 Å². The average Bonchev–Trinajstić information content (AvgIpc) is 3.20. The number of hydrogen-bond donors (Lipinski definition) is 0. The summed E-state index contributed by atoms with van der Waals surface area (Å²) in [6, 6.07) is 8.71. The number of halogens is 1. The van der Waals surface area contributed by atoms with Crippen molar-refractivity contribution in [2.45, 2.75) is 64.6 Å². The smallest absolute Gasteiger partial charge is 0.264 e. The molecule has 0 bridgehead atoms. The second kappa shape index (κ2) is 8.03. The fourth-order valence-electron chi connectivity index (χ4n) is 4.25. The maximum absolute atomic E-state index is 14.1. The minimum Gasteiger partial charge on any atom is -0.356 e. The lowest BCUT2D eigenvalue weighted by atomic mass is 9.96. The third kappa shape index (κ3) is 4.91. The molecule has 0 radical (unpaired) electrons. The van der Waals surface area contributed by atoms with Crippen LogP contribution in [0.5, 0.6) is 0 Å². The molecule has 3 rings (SSSR count). The van der Waals surface area contributed by atoms with Gasteiger partial charge < -0.3 is 9.26 Å². The van der Waals surface area contributed by atoms with Gasteiger partial charge in [-0.1, -0.05) is 29.4 Å². The van der Waals surface area contributed by atoms with Crippen molar-refractivity contribution in [3.05, 3.63) is 41.6 Å². The minimum atomic E-state index is -3.56. The van der Waals surface area contributed by atoms with E-state index in [-0.39, 0.29) is 12.1 Å². The summed E-state index contributed by atoms with van der Waals surface area (Å²) in [6.07, 6.45) is 0.580. The van der Waals surface area contributed by atoms with E-state index < -0.39 is 34.7 Å². The molecule has 9 heteroatoms. The van der Waals surface area contributed by atoms with E-state index in [0.717, 1.165) is 17.4 Å². The predicted molar refractivity (Wildman–Crippen MR) is 111 cm³/mol. The largest absolute Gasteiger partial charge is 0.356 e. The zero-order valence-electron chi connectivity index (χ0n) is 18.2. The van der Waals surface area contributed by atoms with Gasteiger partial charge in [0.25, 0.3) is 10.1 Å². The van der Waals surface area contributed by atoms with Crippen molar-refractivity contribution in [2.24, 2.45) is 0 Å². The van der Waals surface area contributed by atoms with Gasteiger partial charge in [0.1, 0.15) is 30.8 Å². The molecule has 0 aliphatic carbocycles. The number of ether oxygens (including phenoxy) is 1. The lowest BCUT2D eigenvalue weighted by Gasteiger charge is -2.43. The van der Waals surface area contributed by atoms with E-state index >= 15 is 0 Å². The quantitative estimate of drug-likeness (QED) is 0.627. The number of nitrogens with zero attached hydrogens (tertiary/aromatic N) is 2. The van der Waals surface area contributed by atoms with Crippen LogP contribution >= 0.6 is 0 Å². The molecule has 1 saturated heterocycles. The number of hydrogen-bond acceptors (Lipinski definition) is 7. The molecule has 166 valence electrons. The Labute approximate surface area is 177 Å². The summed E-state index contributed by atoms with van der Waals surface area (Å²) < 4.78 is 52.6. The van der Waals surface area contributed by atoms with Crippen LogP contribution in [0.3, 0.4) is 0 Å². The highest BCUT2D eigenvalue weighted by molar-refractivity contribution is 7.85. The molecule has 1 aromatic carbocycles. The van der Waals surface area contributed by atoms with Crippen LogP contribution in [0.15, 0.2) is 34.9 Å². The third-order valence-electron chi connectivity index (χ3n) is 5.06. The molecule has 1 aliphatic heterocycles. The zero-order valence-corrected chi connectivity index (χ0v) is 19.0. The average molecular weight is 441 g/mol. The van der Waals surface area contributed by atoms with Crippen molar-refractivity contribution in [3.63, 3.8) is 0 Å². The number of aromatic nitrogens is 1. The van der Waals surface area contributed by atoms with Crippen LogP contribution in [0.1, 0.15) is 52.0 Å². The van der Waals surface area contributed by atoms with Crippen molar-refractivity contribution in [2.75, 3.05) is 12.9 Å². The summed E-state index contributed by atoms with van der Waals surface area (Å²) in [5, 5.41) is 3.83. The first kappa shape index (κ1) is 22.9. The van der Waals surface area contributed by atoms with Gasteiger partial charge in [-0.2, -0.15) is 8.42 Å². The van der Waals surface area contributed by atoms with E-state index in [9.17, 15) is 12.8 Å². The van der Waals surface area contributed by atoms with Gasteiger partial charge in [0.15, 0.2) is 5.76 Å². The van der Waals surface area contributed by atoms with E-state index in [4.69, 9.17) is 13.4 Å². The molecule has 2 heterocycles. The molecular weight excluding hydrogens is 411 g/mol. The van der Waals surface area contributed by atoms with Crippen LogP contribution in [-0.2, 0) is 25.6 Å². The monoisotopic (exact) mass is 440 g/mol. The lowest BCUT2D eigenvalue weighted by molar-refractivity contribution is -0.106. The Morgan fingerprint density at radius 2 is 1.87 bits per heavy atom. The van der Waals surface area contributed by atoms with Crippen LogP contribution in [-0.4, -0.2) is 48.7 Å². The number of rotatable bonds is 6. The normalized spacial score (nSPS) is 22.5. The van der Waals surface area contributed by atoms with Gasteiger partial charge in [-0.05, 0) is 40.2 Å². The van der Waals surface area contributed by atoms with Crippen LogP contribution < -0.4 is 0 Å². The highest BCUT2D eigenvalue weighted by Gasteiger charge is 2.52. The minimum absolute atomic E-state index is 0.188. The van der Waals surface area contributed by atoms with Gasteiger partial charge in [0.05, 0.1) is 12.3 Å². The standard InChI is InChI=1S/C21H29FN2O5S/c1-20(2,3)24-17(12-22)19(28-21(24,4)5)15-9-7-14(8-10-15)18-11-16(23-29-18)13-27-30(6,25)26/h7-11,17,19H,12-13H2,1-6H3/t17-,19-/m1/s1. The van der Waals surface area contributed by atoms with Gasteiger partial charge in [0.2, 0.25) is 0 Å². The molecule has 1 fully saturated rings. The van der Waals surface area contributed by atoms with Gasteiger partial charge in [-0.3, -0.25) is 9.08 Å². The molecule has 0 spiro atoms. The molecule has 1 aromatic heterocycles. The highest BCUT2D eigenvalue weighted by atomic mass is 32.2. The van der Waals surface area contributed by atoms with Crippen LogP contribution in [0.2, 0.25) is 0 Å². The van der Waals surface area contributed by atoms with Crippen LogP contribution in [0, 0.1) is 0 Å². The Hall–Kier alpha value is -1.81. The summed E-state index contributed by atoms with van der Waals surface area (Å²) >= 11 is 0. The van der Waals surface area contributed by atoms with Gasteiger partial charge in [-0.15, -0.1) is 0 Å². The van der Waals surface area contributed by atoms with Gasteiger partial charge in [0, 0.05) is 17.2 Å². The molecule has 0 saturated carbocycles. The molecular formula is C21H29FN2O5S. The van der Waals surface area contributed by atoms with E-state index in [0.29, 0.717) is 11.5 Å². The number of alkyl halides is 1. The first-order chi connectivity index (χ1) is 13.8. The Morgan fingerprint density at radius 1 is 1.23 bits per heavy atom. The molecule has 30 heavy (non-hydrogen) atoms. The maximum Gasteiger partial charge on any atom is 0.264 e. The molecule has 0 unspecified atom stereocenters. The van der Waals surface area contributed by atoms with Crippen LogP contribution in [0.25, 0.3) is 11.3 Å². The van der Waals surface area contributed by atoms with Crippen molar-refractivity contribution < 1.29 is 26.3 Å². The second-order valence-electron chi connectivity index (χ2n) is 9.02. The van der Waals surface area contributed by atoms with Gasteiger partial charge in [-0.25, -0.2) is 4.39 Å². The summed E-state index contributed by atoms with van der Waals surface area (Å²) in [5.74, 6) is 0.486. The number of benzene rings is 1. The lowest BCUT2D eigenvalue weighted by Crippen LogP contribution is -2.55. The van der Waals surface area contributed by atoms with E-state index in [1.54, 1.807) is 6.07 Å². The summed E-state index contributed by atoms with van der Waals surface area (Å²) in [4.78, 5) is 2.09. The first-order valence-electron chi connectivity index (χ1n) is 9.75. The topological polar surface area (TPSA) is 81.9 Å². The molecule has 2 atom stereocenters. The maximum atomic E-state index is 14.1. The summed E-state index contributed by atoms with van der Waals surface area (Å²) in [6.45, 7) is 9.39. The SMILES string of the molecule is CC(C)(C)N1[C@H](CF)[C@@H](c2ccc(-c3cc(COS(C)(=O)=O)no3)cc2)OC1(C)C. The summed E-state index contributed by atoms with van der Waals surface area (Å²) in [7, 11) is -3.56. The van der Waals surface area contributed by atoms with Crippen molar-refractivity contribution in [1.29, 1.82) is 0 Å². The van der Waals surface area contributed by atoms with Crippen LogP contribution in [0.4, 0.5) is 4.39 Å². The zero-order chi connectivity index (χ0) is 22.3. The molecule has 1 aliphatic rings. The fourth-order valence-corrected chi connectivity index (χ4v) is 4.58. The Bertz CT molecular complexity index is 980. The molecule has 0 N–H and O–H groups in total. The van der Waals surface area contributed by atoms with E-state index in [2.05, 4.69) is 30.8 Å². The molecule has 7 nitrogen and oxygen atoms in total. The highest BCUT2D eigenvalue weighted by Crippen LogP contribution is 2.45. The Kier molecular flexibility index (Phi) is 6.12. The summed E-state index contributed by atoms with van der Waals surface area (Å²) in [5.41, 5.74) is 1.16.